The molecule has 0 fully saturated rings. The standard InChI is InChI=1S/C20H21N3O4S/c1-4-26-17-9-5-14(6-10-17)19-22-23-20(27-19)28-13(2)18(24)21-15-7-11-16(25-3)12-8-15/h5-13H,4H2,1-3H3,(H,21,24)/t13-/m0/s1. The van der Waals surface area contributed by atoms with Crippen LogP contribution >= 0.6 is 11.8 Å². The number of carbonyl (C=O) groups excluding carboxylic acids is 1. The highest BCUT2D eigenvalue weighted by molar-refractivity contribution is 8.00. The molecule has 1 atom stereocenters. The van der Waals surface area contributed by atoms with Gasteiger partial charge in [-0.3, -0.25) is 4.79 Å². The van der Waals surface area contributed by atoms with E-state index in [1.54, 1.807) is 38.3 Å². The molecule has 2 aromatic carbocycles. The van der Waals surface area contributed by atoms with Gasteiger partial charge in [-0.25, -0.2) is 0 Å². The summed E-state index contributed by atoms with van der Waals surface area (Å²) in [6, 6.07) is 14.5. The van der Waals surface area contributed by atoms with Crippen molar-refractivity contribution in [2.24, 2.45) is 0 Å². The summed E-state index contributed by atoms with van der Waals surface area (Å²) in [6.45, 7) is 4.32. The van der Waals surface area contributed by atoms with E-state index in [1.807, 2.05) is 31.2 Å². The molecule has 0 aliphatic rings. The summed E-state index contributed by atoms with van der Waals surface area (Å²) in [5.41, 5.74) is 1.48. The second-order valence-electron chi connectivity index (χ2n) is 5.81. The Morgan fingerprint density at radius 1 is 1.11 bits per heavy atom. The van der Waals surface area contributed by atoms with Gasteiger partial charge in [0.1, 0.15) is 11.5 Å². The Labute approximate surface area is 167 Å². The average Bonchev–Trinajstić information content (AvgIpc) is 3.18. The summed E-state index contributed by atoms with van der Waals surface area (Å²) in [6.07, 6.45) is 0. The van der Waals surface area contributed by atoms with E-state index < -0.39 is 5.25 Å². The van der Waals surface area contributed by atoms with Gasteiger partial charge in [-0.15, -0.1) is 10.2 Å². The lowest BCUT2D eigenvalue weighted by Crippen LogP contribution is -2.22. The van der Waals surface area contributed by atoms with Crippen LogP contribution in [0.1, 0.15) is 13.8 Å². The van der Waals surface area contributed by atoms with Gasteiger partial charge < -0.3 is 19.2 Å². The first-order chi connectivity index (χ1) is 13.6. The van der Waals surface area contributed by atoms with Gasteiger partial charge in [0.05, 0.1) is 19.0 Å². The van der Waals surface area contributed by atoms with Crippen LogP contribution in [0.3, 0.4) is 0 Å². The van der Waals surface area contributed by atoms with Gasteiger partial charge >= 0.3 is 0 Å². The van der Waals surface area contributed by atoms with E-state index in [0.717, 1.165) is 17.1 Å². The van der Waals surface area contributed by atoms with Crippen molar-refractivity contribution in [1.82, 2.24) is 10.2 Å². The number of thioether (sulfide) groups is 1. The third-order valence-corrected chi connectivity index (χ3v) is 4.76. The number of hydrogen-bond acceptors (Lipinski definition) is 7. The van der Waals surface area contributed by atoms with Crippen LogP contribution in [0.4, 0.5) is 5.69 Å². The number of nitrogens with one attached hydrogen (secondary N) is 1. The molecule has 7 nitrogen and oxygen atoms in total. The van der Waals surface area contributed by atoms with Gasteiger partial charge in [-0.2, -0.15) is 0 Å². The molecule has 0 unspecified atom stereocenters. The van der Waals surface area contributed by atoms with Crippen LogP contribution in [-0.2, 0) is 4.79 Å². The van der Waals surface area contributed by atoms with E-state index in [-0.39, 0.29) is 5.91 Å². The minimum Gasteiger partial charge on any atom is -0.497 e. The molecule has 0 saturated heterocycles. The van der Waals surface area contributed by atoms with Crippen molar-refractivity contribution in [2.75, 3.05) is 19.0 Å². The van der Waals surface area contributed by atoms with Gasteiger partial charge in [-0.05, 0) is 62.4 Å². The monoisotopic (exact) mass is 399 g/mol. The van der Waals surface area contributed by atoms with Gasteiger partial charge in [0, 0.05) is 11.3 Å². The van der Waals surface area contributed by atoms with E-state index in [1.165, 1.54) is 11.8 Å². The van der Waals surface area contributed by atoms with E-state index in [4.69, 9.17) is 13.9 Å². The van der Waals surface area contributed by atoms with Gasteiger partial charge in [0.15, 0.2) is 0 Å². The molecule has 1 N–H and O–H groups in total. The van der Waals surface area contributed by atoms with Crippen LogP contribution in [0.25, 0.3) is 11.5 Å². The quantitative estimate of drug-likeness (QED) is 0.566. The number of anilines is 1. The Bertz CT molecular complexity index is 910. The van der Waals surface area contributed by atoms with Crippen LogP contribution in [-0.4, -0.2) is 35.1 Å². The number of methoxy groups -OCH3 is 1. The maximum Gasteiger partial charge on any atom is 0.277 e. The summed E-state index contributed by atoms with van der Waals surface area (Å²) >= 11 is 1.20. The molecular formula is C20H21N3O4S. The molecule has 0 aliphatic carbocycles. The average molecular weight is 399 g/mol. The third-order valence-electron chi connectivity index (χ3n) is 3.82. The number of rotatable bonds is 8. The highest BCUT2D eigenvalue weighted by atomic mass is 32.2. The van der Waals surface area contributed by atoms with Crippen molar-refractivity contribution in [3.8, 4) is 23.0 Å². The third kappa shape index (κ3) is 5.04. The smallest absolute Gasteiger partial charge is 0.277 e. The Morgan fingerprint density at radius 3 is 2.43 bits per heavy atom. The first kappa shape index (κ1) is 19.8. The molecule has 0 radical (unpaired) electrons. The normalized spacial score (nSPS) is 11.7. The summed E-state index contributed by atoms with van der Waals surface area (Å²) in [5, 5.41) is 10.9. The number of carbonyl (C=O) groups is 1. The lowest BCUT2D eigenvalue weighted by atomic mass is 10.2. The van der Waals surface area contributed by atoms with Crippen molar-refractivity contribution in [1.29, 1.82) is 0 Å². The zero-order chi connectivity index (χ0) is 19.9. The second-order valence-corrected chi connectivity index (χ2v) is 7.10. The van der Waals surface area contributed by atoms with E-state index in [9.17, 15) is 4.79 Å². The maximum absolute atomic E-state index is 12.4. The van der Waals surface area contributed by atoms with Crippen LogP contribution in [0.2, 0.25) is 0 Å². The first-order valence-corrected chi connectivity index (χ1v) is 9.65. The van der Waals surface area contributed by atoms with Crippen LogP contribution < -0.4 is 14.8 Å². The SMILES string of the molecule is CCOc1ccc(-c2nnc(S[C@@H](C)C(=O)Nc3ccc(OC)cc3)o2)cc1. The molecule has 146 valence electrons. The highest BCUT2D eigenvalue weighted by Crippen LogP contribution is 2.28. The van der Waals surface area contributed by atoms with Crippen LogP contribution in [0, 0.1) is 0 Å². The molecule has 0 bridgehead atoms. The molecule has 1 aromatic heterocycles. The molecule has 3 rings (SSSR count). The number of aromatic nitrogens is 2. The van der Waals surface area contributed by atoms with Crippen LogP contribution in [0.5, 0.6) is 11.5 Å². The van der Waals surface area contributed by atoms with Crippen molar-refractivity contribution >= 4 is 23.4 Å². The van der Waals surface area contributed by atoms with Crippen LogP contribution in [0.15, 0.2) is 58.2 Å². The minimum atomic E-state index is -0.407. The second kappa shape index (κ2) is 9.27. The number of nitrogens with zero attached hydrogens (tertiary/aromatic N) is 2. The summed E-state index contributed by atoms with van der Waals surface area (Å²) in [4.78, 5) is 12.4. The topological polar surface area (TPSA) is 86.5 Å². The fourth-order valence-electron chi connectivity index (χ4n) is 2.36. The number of benzene rings is 2. The summed E-state index contributed by atoms with van der Waals surface area (Å²) in [5.74, 6) is 1.75. The Morgan fingerprint density at radius 2 is 1.79 bits per heavy atom. The molecule has 3 aromatic rings. The molecule has 0 spiro atoms. The van der Waals surface area contributed by atoms with E-state index >= 15 is 0 Å². The van der Waals surface area contributed by atoms with Crippen molar-refractivity contribution < 1.29 is 18.7 Å². The molecule has 0 aliphatic heterocycles. The predicted molar refractivity (Wildman–Crippen MR) is 108 cm³/mol. The molecule has 0 saturated carbocycles. The molecule has 1 amide bonds. The zero-order valence-corrected chi connectivity index (χ0v) is 16.7. The minimum absolute atomic E-state index is 0.156. The van der Waals surface area contributed by atoms with Gasteiger partial charge in [0.2, 0.25) is 11.8 Å². The van der Waals surface area contributed by atoms with Crippen molar-refractivity contribution in [3.63, 3.8) is 0 Å². The highest BCUT2D eigenvalue weighted by Gasteiger charge is 2.19. The van der Waals surface area contributed by atoms with E-state index in [2.05, 4.69) is 15.5 Å². The van der Waals surface area contributed by atoms with Crippen molar-refractivity contribution in [3.05, 3.63) is 48.5 Å². The first-order valence-electron chi connectivity index (χ1n) is 8.77. The predicted octanol–water partition coefficient (Wildman–Crippen LogP) is 4.26. The summed E-state index contributed by atoms with van der Waals surface area (Å²) < 4.78 is 16.2. The zero-order valence-electron chi connectivity index (χ0n) is 15.8. The molecule has 28 heavy (non-hydrogen) atoms. The Hall–Kier alpha value is -3.00. The largest absolute Gasteiger partial charge is 0.497 e. The molecule has 8 heteroatoms. The van der Waals surface area contributed by atoms with Crippen molar-refractivity contribution in [2.45, 2.75) is 24.3 Å². The number of amides is 1. The fraction of sp³-hybridized carbons (Fsp3) is 0.250. The number of hydrogen-bond donors (Lipinski definition) is 1. The fourth-order valence-corrected chi connectivity index (χ4v) is 3.04. The molecule has 1 heterocycles. The Balaban J connectivity index is 1.59. The Kier molecular flexibility index (Phi) is 6.54. The molecular weight excluding hydrogens is 378 g/mol. The maximum atomic E-state index is 12.4. The lowest BCUT2D eigenvalue weighted by Gasteiger charge is -2.10. The van der Waals surface area contributed by atoms with Gasteiger partial charge in [0.25, 0.3) is 5.22 Å². The van der Waals surface area contributed by atoms with Gasteiger partial charge in [-0.1, -0.05) is 11.8 Å². The summed E-state index contributed by atoms with van der Waals surface area (Å²) in [7, 11) is 1.60. The number of ether oxygens (including phenoxy) is 2. The van der Waals surface area contributed by atoms with E-state index in [0.29, 0.717) is 23.4 Å². The lowest BCUT2D eigenvalue weighted by molar-refractivity contribution is -0.115.